The summed E-state index contributed by atoms with van der Waals surface area (Å²) in [5.41, 5.74) is 5.54. The Balaban J connectivity index is 1.09. The fourth-order valence-corrected chi connectivity index (χ4v) is 6.41. The van der Waals surface area contributed by atoms with Gasteiger partial charge in [0.25, 0.3) is 0 Å². The number of benzene rings is 1. The van der Waals surface area contributed by atoms with Gasteiger partial charge in [0.1, 0.15) is 5.82 Å². The third-order valence-corrected chi connectivity index (χ3v) is 8.40. The lowest BCUT2D eigenvalue weighted by Crippen LogP contribution is -2.56. The van der Waals surface area contributed by atoms with E-state index in [9.17, 15) is 4.79 Å². The Morgan fingerprint density at radius 1 is 1.09 bits per heavy atom. The molecule has 0 N–H and O–H groups in total. The number of rotatable bonds is 7. The average molecular weight is 462 g/mol. The summed E-state index contributed by atoms with van der Waals surface area (Å²) in [6.45, 7) is 5.48. The van der Waals surface area contributed by atoms with Crippen LogP contribution in [0.4, 0.5) is 5.82 Å². The van der Waals surface area contributed by atoms with Gasteiger partial charge in [-0.05, 0) is 55.9 Å². The van der Waals surface area contributed by atoms with E-state index in [0.717, 1.165) is 50.4 Å². The maximum Gasteiger partial charge on any atom is 0.224 e. The fourth-order valence-electron chi connectivity index (χ4n) is 5.61. The van der Waals surface area contributed by atoms with Gasteiger partial charge in [0.15, 0.2) is 0 Å². The van der Waals surface area contributed by atoms with Crippen LogP contribution in [-0.4, -0.2) is 63.4 Å². The van der Waals surface area contributed by atoms with E-state index >= 15 is 0 Å². The Bertz CT molecular complexity index is 1130. The van der Waals surface area contributed by atoms with Crippen LogP contribution in [0.5, 0.6) is 0 Å². The van der Waals surface area contributed by atoms with Crippen LogP contribution in [0, 0.1) is 6.92 Å². The molecule has 2 aliphatic heterocycles. The number of amides is 1. The number of hydrogen-bond acceptors (Lipinski definition) is 6. The molecule has 7 heteroatoms. The Morgan fingerprint density at radius 3 is 2.64 bits per heavy atom. The van der Waals surface area contributed by atoms with Crippen molar-refractivity contribution in [3.63, 3.8) is 0 Å². The standard InChI is InChI=1S/C26H31N5OS/c1-18-5-10-24(27-13-18)31-21-8-9-22(31)16-30(15-21)25(32)11-12-29(20-6-7-20)14-19-3-2-4-23-26(19)33-17-28-23/h2-5,10,13,17,20-22H,6-9,11-12,14-16H2,1H3. The molecule has 2 unspecified atom stereocenters. The van der Waals surface area contributed by atoms with Crippen molar-refractivity contribution in [3.8, 4) is 0 Å². The molecule has 1 amide bonds. The molecule has 1 aromatic carbocycles. The Labute approximate surface area is 199 Å². The summed E-state index contributed by atoms with van der Waals surface area (Å²) < 4.78 is 1.28. The molecule has 2 bridgehead atoms. The zero-order valence-corrected chi connectivity index (χ0v) is 20.0. The minimum Gasteiger partial charge on any atom is -0.347 e. The van der Waals surface area contributed by atoms with Crippen molar-refractivity contribution in [2.24, 2.45) is 0 Å². The van der Waals surface area contributed by atoms with Crippen molar-refractivity contribution in [1.29, 1.82) is 0 Å². The SMILES string of the molecule is Cc1ccc(N2C3CCC2CN(C(=O)CCN(Cc2cccc4ncsc24)C2CC2)C3)nc1. The van der Waals surface area contributed by atoms with E-state index in [1.54, 1.807) is 11.3 Å². The normalized spacial score (nSPS) is 22.5. The number of thiazole rings is 1. The maximum atomic E-state index is 13.2. The number of fused-ring (bicyclic) bond motifs is 3. The van der Waals surface area contributed by atoms with Gasteiger partial charge in [-0.15, -0.1) is 11.3 Å². The number of anilines is 1. The molecule has 0 radical (unpaired) electrons. The van der Waals surface area contributed by atoms with Crippen LogP contribution < -0.4 is 4.90 Å². The van der Waals surface area contributed by atoms with Crippen molar-refractivity contribution in [2.45, 2.75) is 63.7 Å². The van der Waals surface area contributed by atoms with Gasteiger partial charge in [-0.2, -0.15) is 0 Å². The smallest absolute Gasteiger partial charge is 0.224 e. The zero-order valence-electron chi connectivity index (χ0n) is 19.2. The first-order chi connectivity index (χ1) is 16.2. The van der Waals surface area contributed by atoms with Crippen molar-refractivity contribution in [1.82, 2.24) is 19.8 Å². The number of nitrogens with zero attached hydrogens (tertiary/aromatic N) is 5. The van der Waals surface area contributed by atoms with Gasteiger partial charge in [0.2, 0.25) is 5.91 Å². The molecule has 172 valence electrons. The summed E-state index contributed by atoms with van der Waals surface area (Å²) in [4.78, 5) is 29.5. The molecule has 6 nitrogen and oxygen atoms in total. The quantitative estimate of drug-likeness (QED) is 0.527. The lowest BCUT2D eigenvalue weighted by molar-refractivity contribution is -0.132. The average Bonchev–Trinajstić information content (AvgIpc) is 3.50. The van der Waals surface area contributed by atoms with Gasteiger partial charge >= 0.3 is 0 Å². The van der Waals surface area contributed by atoms with Gasteiger partial charge in [-0.25, -0.2) is 9.97 Å². The first-order valence-electron chi connectivity index (χ1n) is 12.2. The van der Waals surface area contributed by atoms with E-state index in [4.69, 9.17) is 0 Å². The number of aromatic nitrogens is 2. The molecule has 2 saturated heterocycles. The maximum absolute atomic E-state index is 13.2. The van der Waals surface area contributed by atoms with Gasteiger partial charge < -0.3 is 9.80 Å². The summed E-state index contributed by atoms with van der Waals surface area (Å²) in [5.74, 6) is 1.38. The second kappa shape index (κ2) is 8.69. The molecular weight excluding hydrogens is 430 g/mol. The zero-order chi connectivity index (χ0) is 22.4. The van der Waals surface area contributed by atoms with Crippen LogP contribution in [0.3, 0.4) is 0 Å². The van der Waals surface area contributed by atoms with Crippen LogP contribution in [0.1, 0.15) is 43.2 Å². The Morgan fingerprint density at radius 2 is 1.91 bits per heavy atom. The highest BCUT2D eigenvalue weighted by molar-refractivity contribution is 7.16. The molecule has 1 aliphatic carbocycles. The number of carbonyl (C=O) groups excluding carboxylic acids is 1. The van der Waals surface area contributed by atoms with E-state index in [1.807, 2.05) is 11.7 Å². The molecule has 2 atom stereocenters. The monoisotopic (exact) mass is 461 g/mol. The highest BCUT2D eigenvalue weighted by atomic mass is 32.1. The summed E-state index contributed by atoms with van der Waals surface area (Å²) in [5, 5.41) is 0. The molecular formula is C26H31N5OS. The van der Waals surface area contributed by atoms with Crippen molar-refractivity contribution < 1.29 is 4.79 Å². The van der Waals surface area contributed by atoms with Crippen molar-refractivity contribution in [3.05, 3.63) is 53.2 Å². The third kappa shape index (κ3) is 4.24. The predicted octanol–water partition coefficient (Wildman–Crippen LogP) is 4.23. The van der Waals surface area contributed by atoms with E-state index in [-0.39, 0.29) is 0 Å². The minimum atomic E-state index is 0.310. The molecule has 3 fully saturated rings. The fraction of sp³-hybridized carbons (Fsp3) is 0.500. The Kier molecular flexibility index (Phi) is 5.54. The second-order valence-electron chi connectivity index (χ2n) is 9.85. The van der Waals surface area contributed by atoms with Gasteiger partial charge in [-0.1, -0.05) is 18.2 Å². The molecule has 2 aromatic heterocycles. The van der Waals surface area contributed by atoms with Crippen LogP contribution in [0.2, 0.25) is 0 Å². The van der Waals surface area contributed by atoms with Crippen LogP contribution in [0.15, 0.2) is 42.0 Å². The molecule has 4 heterocycles. The van der Waals surface area contributed by atoms with E-state index in [2.05, 4.69) is 61.9 Å². The summed E-state index contributed by atoms with van der Waals surface area (Å²) in [6.07, 6.45) is 7.36. The van der Waals surface area contributed by atoms with Crippen LogP contribution in [0.25, 0.3) is 10.2 Å². The number of aryl methyl sites for hydroxylation is 1. The number of likely N-dealkylation sites (tertiary alicyclic amines) is 1. The van der Waals surface area contributed by atoms with Gasteiger partial charge in [0, 0.05) is 56.9 Å². The summed E-state index contributed by atoms with van der Waals surface area (Å²) in [7, 11) is 0. The van der Waals surface area contributed by atoms with Crippen LogP contribution in [-0.2, 0) is 11.3 Å². The molecule has 6 rings (SSSR count). The van der Waals surface area contributed by atoms with Crippen LogP contribution >= 0.6 is 11.3 Å². The topological polar surface area (TPSA) is 52.6 Å². The molecule has 33 heavy (non-hydrogen) atoms. The lowest BCUT2D eigenvalue weighted by Gasteiger charge is -2.42. The first-order valence-corrected chi connectivity index (χ1v) is 13.1. The Hall–Kier alpha value is -2.51. The number of pyridine rings is 1. The highest BCUT2D eigenvalue weighted by Crippen LogP contribution is 2.35. The van der Waals surface area contributed by atoms with Crippen molar-refractivity contribution in [2.75, 3.05) is 24.5 Å². The lowest BCUT2D eigenvalue weighted by atomic mass is 10.1. The second-order valence-corrected chi connectivity index (χ2v) is 10.7. The minimum absolute atomic E-state index is 0.310. The highest BCUT2D eigenvalue weighted by Gasteiger charge is 2.42. The van der Waals surface area contributed by atoms with E-state index < -0.39 is 0 Å². The number of piperazine rings is 1. The molecule has 3 aliphatic rings. The van der Waals surface area contributed by atoms with E-state index in [0.29, 0.717) is 30.5 Å². The number of hydrogen-bond donors (Lipinski definition) is 0. The molecule has 0 spiro atoms. The van der Waals surface area contributed by atoms with Gasteiger partial charge in [0.05, 0.1) is 15.7 Å². The largest absolute Gasteiger partial charge is 0.347 e. The van der Waals surface area contributed by atoms with Gasteiger partial charge in [-0.3, -0.25) is 9.69 Å². The third-order valence-electron chi connectivity index (χ3n) is 7.48. The molecule has 3 aromatic rings. The molecule has 1 saturated carbocycles. The first kappa shape index (κ1) is 21.1. The van der Waals surface area contributed by atoms with Crippen molar-refractivity contribution >= 4 is 33.3 Å². The summed E-state index contributed by atoms with van der Waals surface area (Å²) >= 11 is 1.72. The summed E-state index contributed by atoms with van der Waals surface area (Å²) in [6, 6.07) is 12.1. The number of carbonyl (C=O) groups is 1. The predicted molar refractivity (Wildman–Crippen MR) is 133 cm³/mol. The van der Waals surface area contributed by atoms with E-state index in [1.165, 1.54) is 28.7 Å².